The van der Waals surface area contributed by atoms with Gasteiger partial charge in [-0.05, 0) is 12.1 Å². The van der Waals surface area contributed by atoms with Crippen LogP contribution in [0.2, 0.25) is 0 Å². The number of hydrogen-bond acceptors (Lipinski definition) is 5. The van der Waals surface area contributed by atoms with E-state index in [-0.39, 0.29) is 18.4 Å². The Bertz CT molecular complexity index is 1090. The minimum absolute atomic E-state index is 0.000820. The van der Waals surface area contributed by atoms with Gasteiger partial charge in [0.1, 0.15) is 18.5 Å². The standard InChI is InChI=1S/C22H25N5O3/c1-14(2)22-24-7-8-27(22)13-20(28)26-9-10-30-19(12-26)18-11-16(21(23)29)15-5-3-4-6-17(15)25-18/h3-8,11,14,19H,9-10,12-13H2,1-2H3,(H2,23,29). The molecule has 0 bridgehead atoms. The number of para-hydroxylation sites is 1. The van der Waals surface area contributed by atoms with E-state index in [1.54, 1.807) is 17.2 Å². The summed E-state index contributed by atoms with van der Waals surface area (Å²) >= 11 is 0. The molecule has 1 aliphatic rings. The first-order valence-corrected chi connectivity index (χ1v) is 10.0. The van der Waals surface area contributed by atoms with Crippen LogP contribution in [0.4, 0.5) is 0 Å². The van der Waals surface area contributed by atoms with E-state index in [0.717, 1.165) is 5.82 Å². The fraction of sp³-hybridized carbons (Fsp3) is 0.364. The van der Waals surface area contributed by atoms with Crippen molar-refractivity contribution in [3.8, 4) is 0 Å². The molecule has 30 heavy (non-hydrogen) atoms. The van der Waals surface area contributed by atoms with Crippen LogP contribution in [0.25, 0.3) is 10.9 Å². The second kappa shape index (κ2) is 8.23. The molecule has 3 heterocycles. The number of pyridine rings is 1. The van der Waals surface area contributed by atoms with Crippen molar-refractivity contribution in [3.63, 3.8) is 0 Å². The van der Waals surface area contributed by atoms with Gasteiger partial charge in [-0.15, -0.1) is 0 Å². The Hall–Kier alpha value is -3.26. The Morgan fingerprint density at radius 3 is 2.87 bits per heavy atom. The van der Waals surface area contributed by atoms with Gasteiger partial charge in [-0.3, -0.25) is 9.59 Å². The first-order chi connectivity index (χ1) is 14.4. The molecule has 1 aliphatic heterocycles. The van der Waals surface area contributed by atoms with E-state index in [2.05, 4.69) is 23.8 Å². The molecule has 1 aromatic carbocycles. The Morgan fingerprint density at radius 2 is 2.10 bits per heavy atom. The number of carbonyl (C=O) groups is 2. The van der Waals surface area contributed by atoms with Gasteiger partial charge < -0.3 is 19.9 Å². The minimum atomic E-state index is -0.514. The Labute approximate surface area is 174 Å². The number of morpholine rings is 1. The van der Waals surface area contributed by atoms with E-state index in [1.165, 1.54) is 0 Å². The van der Waals surface area contributed by atoms with Crippen LogP contribution < -0.4 is 5.73 Å². The van der Waals surface area contributed by atoms with Crippen LogP contribution in [-0.4, -0.2) is 50.9 Å². The van der Waals surface area contributed by atoms with Gasteiger partial charge >= 0.3 is 0 Å². The lowest BCUT2D eigenvalue weighted by molar-refractivity contribution is -0.139. The molecule has 2 aromatic heterocycles. The Balaban J connectivity index is 1.56. The average Bonchev–Trinajstić information content (AvgIpc) is 3.21. The van der Waals surface area contributed by atoms with Crippen LogP contribution in [0, 0.1) is 0 Å². The molecule has 3 aromatic rings. The summed E-state index contributed by atoms with van der Waals surface area (Å²) in [5.74, 6) is 0.605. The normalized spacial score (nSPS) is 16.9. The van der Waals surface area contributed by atoms with Crippen LogP contribution in [0.5, 0.6) is 0 Å². The van der Waals surface area contributed by atoms with Crippen LogP contribution >= 0.6 is 0 Å². The van der Waals surface area contributed by atoms with E-state index in [1.807, 2.05) is 35.0 Å². The van der Waals surface area contributed by atoms with Gasteiger partial charge in [0.15, 0.2) is 0 Å². The molecule has 0 radical (unpaired) electrons. The third-order valence-corrected chi connectivity index (χ3v) is 5.32. The zero-order valence-corrected chi connectivity index (χ0v) is 17.1. The highest BCUT2D eigenvalue weighted by molar-refractivity contribution is 6.05. The molecule has 156 valence electrons. The van der Waals surface area contributed by atoms with Crippen LogP contribution in [0.3, 0.4) is 0 Å². The zero-order valence-electron chi connectivity index (χ0n) is 17.1. The van der Waals surface area contributed by atoms with Crippen molar-refractivity contribution in [2.24, 2.45) is 5.73 Å². The molecule has 0 saturated carbocycles. The molecule has 4 rings (SSSR count). The van der Waals surface area contributed by atoms with E-state index >= 15 is 0 Å². The second-order valence-electron chi connectivity index (χ2n) is 7.74. The van der Waals surface area contributed by atoms with Crippen molar-refractivity contribution in [1.29, 1.82) is 0 Å². The highest BCUT2D eigenvalue weighted by Gasteiger charge is 2.28. The zero-order chi connectivity index (χ0) is 21.3. The predicted octanol–water partition coefficient (Wildman–Crippen LogP) is 2.25. The van der Waals surface area contributed by atoms with Gasteiger partial charge in [0, 0.05) is 30.2 Å². The Morgan fingerprint density at radius 1 is 1.30 bits per heavy atom. The first kappa shape index (κ1) is 20.0. The number of hydrogen-bond donors (Lipinski definition) is 1. The molecular weight excluding hydrogens is 382 g/mol. The van der Waals surface area contributed by atoms with Gasteiger partial charge in [0.25, 0.3) is 0 Å². The fourth-order valence-electron chi connectivity index (χ4n) is 3.82. The van der Waals surface area contributed by atoms with Gasteiger partial charge in [-0.2, -0.15) is 0 Å². The number of amides is 2. The molecule has 1 atom stereocenters. The molecule has 1 fully saturated rings. The second-order valence-corrected chi connectivity index (χ2v) is 7.74. The number of aromatic nitrogens is 3. The number of ether oxygens (including phenoxy) is 1. The van der Waals surface area contributed by atoms with Crippen molar-refractivity contribution in [2.45, 2.75) is 32.4 Å². The summed E-state index contributed by atoms with van der Waals surface area (Å²) in [6.07, 6.45) is 3.13. The van der Waals surface area contributed by atoms with E-state index in [0.29, 0.717) is 41.9 Å². The summed E-state index contributed by atoms with van der Waals surface area (Å²) in [5, 5.41) is 0.707. The number of rotatable bonds is 5. The van der Waals surface area contributed by atoms with Gasteiger partial charge in [0.05, 0.1) is 29.9 Å². The molecular formula is C22H25N5O3. The molecule has 1 saturated heterocycles. The number of nitrogens with zero attached hydrogens (tertiary/aromatic N) is 4. The largest absolute Gasteiger partial charge is 0.368 e. The number of primary amides is 1. The van der Waals surface area contributed by atoms with E-state index < -0.39 is 12.0 Å². The molecule has 1 unspecified atom stereocenters. The lowest BCUT2D eigenvalue weighted by Gasteiger charge is -2.33. The summed E-state index contributed by atoms with van der Waals surface area (Å²) in [7, 11) is 0. The number of benzene rings is 1. The number of imidazole rings is 1. The smallest absolute Gasteiger partial charge is 0.249 e. The molecule has 2 amide bonds. The van der Waals surface area contributed by atoms with Crippen molar-refractivity contribution in [1.82, 2.24) is 19.4 Å². The molecule has 8 nitrogen and oxygen atoms in total. The van der Waals surface area contributed by atoms with Crippen LogP contribution in [0.1, 0.15) is 47.7 Å². The predicted molar refractivity (Wildman–Crippen MR) is 112 cm³/mol. The summed E-state index contributed by atoms with van der Waals surface area (Å²) in [6, 6.07) is 9.04. The Kier molecular flexibility index (Phi) is 5.50. The lowest BCUT2D eigenvalue weighted by Crippen LogP contribution is -2.44. The molecule has 0 aliphatic carbocycles. The summed E-state index contributed by atoms with van der Waals surface area (Å²) < 4.78 is 7.78. The average molecular weight is 407 g/mol. The third kappa shape index (κ3) is 3.91. The molecule has 8 heteroatoms. The molecule has 2 N–H and O–H groups in total. The third-order valence-electron chi connectivity index (χ3n) is 5.32. The summed E-state index contributed by atoms with van der Waals surface area (Å²) in [5.41, 5.74) is 7.27. The van der Waals surface area contributed by atoms with Gasteiger partial charge in [-0.1, -0.05) is 32.0 Å². The van der Waals surface area contributed by atoms with Gasteiger partial charge in [0.2, 0.25) is 11.8 Å². The maximum atomic E-state index is 12.9. The topological polar surface area (TPSA) is 103 Å². The van der Waals surface area contributed by atoms with Crippen LogP contribution in [0.15, 0.2) is 42.7 Å². The van der Waals surface area contributed by atoms with Crippen LogP contribution in [-0.2, 0) is 16.1 Å². The SMILES string of the molecule is CC(C)c1nccn1CC(=O)N1CCOC(c2cc(C(N)=O)c3ccccc3n2)C1. The monoisotopic (exact) mass is 407 g/mol. The van der Waals surface area contributed by atoms with E-state index in [9.17, 15) is 9.59 Å². The molecule has 0 spiro atoms. The number of nitrogens with two attached hydrogens (primary N) is 1. The van der Waals surface area contributed by atoms with E-state index in [4.69, 9.17) is 10.5 Å². The summed E-state index contributed by atoms with van der Waals surface area (Å²) in [4.78, 5) is 35.7. The lowest BCUT2D eigenvalue weighted by atomic mass is 10.0. The highest BCUT2D eigenvalue weighted by Crippen LogP contribution is 2.26. The van der Waals surface area contributed by atoms with Crippen molar-refractivity contribution >= 4 is 22.7 Å². The van der Waals surface area contributed by atoms with Gasteiger partial charge in [-0.25, -0.2) is 9.97 Å². The van der Waals surface area contributed by atoms with Crippen molar-refractivity contribution in [3.05, 3.63) is 59.8 Å². The van der Waals surface area contributed by atoms with Crippen molar-refractivity contribution < 1.29 is 14.3 Å². The highest BCUT2D eigenvalue weighted by atomic mass is 16.5. The first-order valence-electron chi connectivity index (χ1n) is 10.0. The summed E-state index contributed by atoms with van der Waals surface area (Å²) in [6.45, 7) is 5.62. The number of fused-ring (bicyclic) bond motifs is 1. The minimum Gasteiger partial charge on any atom is -0.368 e. The maximum absolute atomic E-state index is 12.9. The fourth-order valence-corrected chi connectivity index (χ4v) is 3.82. The maximum Gasteiger partial charge on any atom is 0.249 e. The quantitative estimate of drug-likeness (QED) is 0.699. The number of carbonyl (C=O) groups excluding carboxylic acids is 2. The van der Waals surface area contributed by atoms with Crippen molar-refractivity contribution in [2.75, 3.05) is 19.7 Å².